The molecule has 6 heteroatoms. The normalized spacial score (nSPS) is 10.7. The molecule has 0 aliphatic carbocycles. The summed E-state index contributed by atoms with van der Waals surface area (Å²) in [6.07, 6.45) is 0. The topological polar surface area (TPSA) is 95.3 Å². The van der Waals surface area contributed by atoms with Gasteiger partial charge in [0, 0.05) is 28.5 Å². The van der Waals surface area contributed by atoms with E-state index in [-0.39, 0.29) is 11.3 Å². The second kappa shape index (κ2) is 5.57. The van der Waals surface area contributed by atoms with Gasteiger partial charge in [-0.3, -0.25) is 0 Å². The van der Waals surface area contributed by atoms with Gasteiger partial charge in [0.15, 0.2) is 5.65 Å². The van der Waals surface area contributed by atoms with Crippen molar-refractivity contribution in [2.24, 2.45) is 0 Å². The van der Waals surface area contributed by atoms with Gasteiger partial charge in [-0.05, 0) is 44.2 Å². The number of nitrogens with one attached hydrogen (secondary N) is 1. The molecule has 3 aromatic rings. The molecule has 0 saturated heterocycles. The molecule has 0 aliphatic rings. The lowest BCUT2D eigenvalue weighted by atomic mass is 10.1. The number of aromatic carboxylic acids is 1. The average molecular weight is 309 g/mol. The lowest BCUT2D eigenvalue weighted by Crippen LogP contribution is -1.99. The number of pyridine rings is 2. The lowest BCUT2D eigenvalue weighted by molar-refractivity contribution is 0.0694. The summed E-state index contributed by atoms with van der Waals surface area (Å²) >= 11 is 0. The van der Waals surface area contributed by atoms with E-state index in [4.69, 9.17) is 5.11 Å². The lowest BCUT2D eigenvalue weighted by Gasteiger charge is -2.11. The van der Waals surface area contributed by atoms with Crippen molar-refractivity contribution in [3.8, 4) is 5.75 Å². The maximum absolute atomic E-state index is 10.9. The van der Waals surface area contributed by atoms with Gasteiger partial charge in [-0.1, -0.05) is 0 Å². The monoisotopic (exact) mass is 309 g/mol. The Morgan fingerprint density at radius 2 is 1.78 bits per heavy atom. The minimum atomic E-state index is -1.17. The van der Waals surface area contributed by atoms with E-state index in [9.17, 15) is 9.90 Å². The zero-order valence-electron chi connectivity index (χ0n) is 12.7. The summed E-state index contributed by atoms with van der Waals surface area (Å²) in [5, 5.41) is 22.8. The van der Waals surface area contributed by atoms with Crippen molar-refractivity contribution in [3.05, 3.63) is 53.3 Å². The first-order chi connectivity index (χ1) is 10.9. The van der Waals surface area contributed by atoms with Crippen molar-refractivity contribution in [2.45, 2.75) is 13.8 Å². The van der Waals surface area contributed by atoms with Gasteiger partial charge in [-0.2, -0.15) is 0 Å². The third-order valence-electron chi connectivity index (χ3n) is 3.45. The summed E-state index contributed by atoms with van der Waals surface area (Å²) in [5.41, 5.74) is 3.57. The van der Waals surface area contributed by atoms with E-state index in [2.05, 4.69) is 15.3 Å². The molecule has 0 radical (unpaired) electrons. The van der Waals surface area contributed by atoms with Crippen LogP contribution in [0.15, 0.2) is 36.4 Å². The number of anilines is 2. The number of carboxylic acid groups (broad SMARTS) is 1. The van der Waals surface area contributed by atoms with E-state index in [1.165, 1.54) is 12.1 Å². The fraction of sp³-hybridized carbons (Fsp3) is 0.118. The Morgan fingerprint density at radius 1 is 1.04 bits per heavy atom. The van der Waals surface area contributed by atoms with Crippen molar-refractivity contribution < 1.29 is 15.0 Å². The first-order valence-corrected chi connectivity index (χ1v) is 7.02. The van der Waals surface area contributed by atoms with Gasteiger partial charge < -0.3 is 15.5 Å². The van der Waals surface area contributed by atoms with Crippen LogP contribution in [0, 0.1) is 13.8 Å². The first-order valence-electron chi connectivity index (χ1n) is 7.02. The Morgan fingerprint density at radius 3 is 2.48 bits per heavy atom. The number of aryl methyl sites for hydroxylation is 2. The quantitative estimate of drug-likeness (QED) is 0.686. The highest BCUT2D eigenvalue weighted by Gasteiger charge is 2.11. The summed E-state index contributed by atoms with van der Waals surface area (Å²) in [4.78, 5) is 19.8. The summed E-state index contributed by atoms with van der Waals surface area (Å²) in [6.45, 7) is 3.78. The Hall–Kier alpha value is -3.15. The number of fused-ring (bicyclic) bond motifs is 1. The molecule has 2 aromatic heterocycles. The molecule has 2 heterocycles. The molecule has 0 unspecified atom stereocenters. The van der Waals surface area contributed by atoms with Gasteiger partial charge >= 0.3 is 5.97 Å². The van der Waals surface area contributed by atoms with E-state index in [1.54, 1.807) is 6.07 Å². The number of aromatic hydroxyl groups is 1. The molecule has 116 valence electrons. The van der Waals surface area contributed by atoms with Crippen LogP contribution >= 0.6 is 0 Å². The second-order valence-electron chi connectivity index (χ2n) is 5.30. The summed E-state index contributed by atoms with van der Waals surface area (Å²) in [5.74, 6) is -1.45. The van der Waals surface area contributed by atoms with Crippen molar-refractivity contribution >= 4 is 28.4 Å². The van der Waals surface area contributed by atoms with Gasteiger partial charge in [0.05, 0.1) is 5.69 Å². The van der Waals surface area contributed by atoms with Gasteiger partial charge in [-0.25, -0.2) is 14.8 Å². The molecular formula is C17H15N3O3. The molecule has 0 atom stereocenters. The summed E-state index contributed by atoms with van der Waals surface area (Å²) in [6, 6.07) is 10.0. The highest BCUT2D eigenvalue weighted by molar-refractivity contribution is 5.93. The van der Waals surface area contributed by atoms with Crippen LogP contribution in [-0.4, -0.2) is 26.2 Å². The molecule has 3 N–H and O–H groups in total. The molecule has 0 amide bonds. The number of aromatic nitrogens is 2. The molecular weight excluding hydrogens is 294 g/mol. The van der Waals surface area contributed by atoms with E-state index in [1.807, 2.05) is 32.0 Å². The van der Waals surface area contributed by atoms with Gasteiger partial charge in [-0.15, -0.1) is 0 Å². The molecule has 23 heavy (non-hydrogen) atoms. The Labute approximate surface area is 132 Å². The van der Waals surface area contributed by atoms with Crippen LogP contribution < -0.4 is 5.32 Å². The predicted molar refractivity (Wildman–Crippen MR) is 87.4 cm³/mol. The molecule has 0 spiro atoms. The van der Waals surface area contributed by atoms with Crippen LogP contribution in [-0.2, 0) is 0 Å². The van der Waals surface area contributed by atoms with Crippen molar-refractivity contribution in [2.75, 3.05) is 5.32 Å². The van der Waals surface area contributed by atoms with Crippen LogP contribution in [0.25, 0.3) is 11.0 Å². The third-order valence-corrected chi connectivity index (χ3v) is 3.45. The number of hydrogen-bond acceptors (Lipinski definition) is 5. The molecule has 0 aliphatic heterocycles. The number of nitrogens with zero attached hydrogens (tertiary/aromatic N) is 2. The van der Waals surface area contributed by atoms with E-state index >= 15 is 0 Å². The highest BCUT2D eigenvalue weighted by Crippen LogP contribution is 2.28. The molecule has 0 bridgehead atoms. The van der Waals surface area contributed by atoms with Gasteiger partial charge in [0.25, 0.3) is 0 Å². The van der Waals surface area contributed by atoms with Crippen LogP contribution in [0.1, 0.15) is 21.7 Å². The Kier molecular flexibility index (Phi) is 3.57. The molecule has 6 nitrogen and oxygen atoms in total. The molecule has 3 rings (SSSR count). The van der Waals surface area contributed by atoms with Crippen LogP contribution in [0.4, 0.5) is 11.4 Å². The van der Waals surface area contributed by atoms with Crippen molar-refractivity contribution in [1.29, 1.82) is 0 Å². The number of hydrogen-bond donors (Lipinski definition) is 3. The highest BCUT2D eigenvalue weighted by atomic mass is 16.4. The summed E-state index contributed by atoms with van der Waals surface area (Å²) in [7, 11) is 0. The standard InChI is InChI=1S/C17H15N3O3/c1-9-3-5-12-14(7-10(2)19-16(12)18-9)20-11-4-6-13(17(22)23)15(21)8-11/h3-8,21H,1-2H3,(H,22,23)(H,18,19,20). The van der Waals surface area contributed by atoms with E-state index in [0.29, 0.717) is 11.3 Å². The molecule has 1 aromatic carbocycles. The number of phenols is 1. The third kappa shape index (κ3) is 2.91. The number of carbonyl (C=O) groups is 1. The van der Waals surface area contributed by atoms with Gasteiger partial charge in [0.2, 0.25) is 0 Å². The Balaban J connectivity index is 2.05. The van der Waals surface area contributed by atoms with Crippen LogP contribution in [0.5, 0.6) is 5.75 Å². The number of benzene rings is 1. The second-order valence-corrected chi connectivity index (χ2v) is 5.30. The minimum Gasteiger partial charge on any atom is -0.507 e. The van der Waals surface area contributed by atoms with E-state index in [0.717, 1.165) is 22.5 Å². The fourth-order valence-electron chi connectivity index (χ4n) is 2.37. The van der Waals surface area contributed by atoms with Crippen LogP contribution in [0.2, 0.25) is 0 Å². The SMILES string of the molecule is Cc1ccc2c(Nc3ccc(C(=O)O)c(O)c3)cc(C)nc2n1. The van der Waals surface area contributed by atoms with Crippen molar-refractivity contribution in [1.82, 2.24) is 9.97 Å². The predicted octanol–water partition coefficient (Wildman–Crippen LogP) is 3.39. The maximum atomic E-state index is 10.9. The summed E-state index contributed by atoms with van der Waals surface area (Å²) < 4.78 is 0. The van der Waals surface area contributed by atoms with Crippen molar-refractivity contribution in [3.63, 3.8) is 0 Å². The number of carboxylic acids is 1. The maximum Gasteiger partial charge on any atom is 0.339 e. The average Bonchev–Trinajstić information content (AvgIpc) is 2.46. The zero-order chi connectivity index (χ0) is 16.6. The minimum absolute atomic E-state index is 0.136. The smallest absolute Gasteiger partial charge is 0.339 e. The van der Waals surface area contributed by atoms with E-state index < -0.39 is 5.97 Å². The zero-order valence-corrected chi connectivity index (χ0v) is 12.7. The first kappa shape index (κ1) is 14.8. The van der Waals surface area contributed by atoms with Crippen LogP contribution in [0.3, 0.4) is 0 Å². The Bertz CT molecular complexity index is 917. The largest absolute Gasteiger partial charge is 0.507 e. The van der Waals surface area contributed by atoms with Gasteiger partial charge in [0.1, 0.15) is 11.3 Å². The fourth-order valence-corrected chi connectivity index (χ4v) is 2.37. The number of rotatable bonds is 3. The molecule has 0 saturated carbocycles. The molecule has 0 fully saturated rings.